The summed E-state index contributed by atoms with van der Waals surface area (Å²) in [6.45, 7) is 5.12. The second kappa shape index (κ2) is 8.57. The highest BCUT2D eigenvalue weighted by molar-refractivity contribution is 6.34. The van der Waals surface area contributed by atoms with Gasteiger partial charge in [-0.3, -0.25) is 14.3 Å². The van der Waals surface area contributed by atoms with Crippen LogP contribution in [-0.2, 0) is 13.2 Å². The van der Waals surface area contributed by atoms with Gasteiger partial charge in [-0.2, -0.15) is 4.68 Å². The minimum absolute atomic E-state index is 0.0140. The molecule has 10 heteroatoms. The molecule has 0 saturated carbocycles. The van der Waals surface area contributed by atoms with E-state index in [0.717, 1.165) is 16.3 Å². The average Bonchev–Trinajstić information content (AvgIpc) is 3.10. The number of hydrogen-bond donors (Lipinski definition) is 1. The summed E-state index contributed by atoms with van der Waals surface area (Å²) in [5, 5.41) is 13.6. The Morgan fingerprint density at radius 2 is 1.88 bits per heavy atom. The van der Waals surface area contributed by atoms with Gasteiger partial charge in [0.1, 0.15) is 23.9 Å². The van der Waals surface area contributed by atoms with Crippen molar-refractivity contribution in [1.82, 2.24) is 14.3 Å². The second-order valence-electron chi connectivity index (χ2n) is 7.80. The number of amides is 1. The molecular weight excluding hydrogens is 454 g/mol. The number of para-hydroxylation sites is 1. The van der Waals surface area contributed by atoms with E-state index in [4.69, 9.17) is 11.6 Å². The van der Waals surface area contributed by atoms with Crippen LogP contribution >= 0.6 is 11.6 Å². The van der Waals surface area contributed by atoms with E-state index in [-0.39, 0.29) is 40.9 Å². The molecule has 172 valence electrons. The molecule has 0 fully saturated rings. The van der Waals surface area contributed by atoms with Gasteiger partial charge in [0.2, 0.25) is 0 Å². The van der Waals surface area contributed by atoms with E-state index in [1.54, 1.807) is 6.92 Å². The fraction of sp³-hybridized carbons (Fsp3) is 0.261. The highest BCUT2D eigenvalue weighted by Gasteiger charge is 2.33. The van der Waals surface area contributed by atoms with E-state index >= 15 is 4.39 Å². The monoisotopic (exact) mass is 474 g/mol. The Balaban J connectivity index is 1.93. The van der Waals surface area contributed by atoms with Gasteiger partial charge in [-0.1, -0.05) is 23.2 Å². The van der Waals surface area contributed by atoms with Crippen molar-refractivity contribution >= 4 is 28.8 Å². The number of nitrogens with zero attached hydrogens (tertiary/aromatic N) is 4. The number of anilines is 1. The average molecular weight is 475 g/mol. The van der Waals surface area contributed by atoms with Crippen LogP contribution in [0.4, 0.5) is 14.5 Å². The maximum atomic E-state index is 15.2. The van der Waals surface area contributed by atoms with Gasteiger partial charge in [-0.15, -0.1) is 5.10 Å². The van der Waals surface area contributed by atoms with E-state index in [1.807, 2.05) is 13.8 Å². The Hall–Kier alpha value is -3.30. The van der Waals surface area contributed by atoms with Crippen LogP contribution in [0, 0.1) is 11.6 Å². The molecule has 4 rings (SSSR count). The number of aliphatic hydroxyl groups excluding tert-OH is 1. The van der Waals surface area contributed by atoms with Crippen molar-refractivity contribution in [2.24, 2.45) is 0 Å². The van der Waals surface area contributed by atoms with Crippen molar-refractivity contribution in [2.45, 2.75) is 33.9 Å². The van der Waals surface area contributed by atoms with Gasteiger partial charge in [0.05, 0.1) is 22.8 Å². The quantitative estimate of drug-likeness (QED) is 0.621. The standard InChI is InChI=1S/C23H21ClF2N4O3/c1-4-28-20(11-31)27-30(23(28)33)19-9-13-14(8-18(19)26)22(32)29(10-15(13)12(2)3)21-16(24)6-5-7-17(21)25/h5-9,31H,4,10-11H2,1-3H3. The Bertz CT molecular complexity index is 1350. The largest absolute Gasteiger partial charge is 0.388 e. The molecule has 1 aliphatic rings. The number of aliphatic hydroxyl groups is 1. The van der Waals surface area contributed by atoms with Gasteiger partial charge in [-0.05, 0) is 56.2 Å². The Morgan fingerprint density at radius 1 is 1.15 bits per heavy atom. The van der Waals surface area contributed by atoms with Crippen LogP contribution in [0.1, 0.15) is 42.5 Å². The number of benzene rings is 2. The highest BCUT2D eigenvalue weighted by atomic mass is 35.5. The van der Waals surface area contributed by atoms with Crippen LogP contribution in [0.3, 0.4) is 0 Å². The number of halogens is 3. The van der Waals surface area contributed by atoms with Crippen molar-refractivity contribution in [3.05, 3.63) is 80.0 Å². The first-order valence-electron chi connectivity index (χ1n) is 10.3. The lowest BCUT2D eigenvalue weighted by Crippen LogP contribution is -2.38. The van der Waals surface area contributed by atoms with Gasteiger partial charge < -0.3 is 5.11 Å². The van der Waals surface area contributed by atoms with E-state index in [0.29, 0.717) is 11.1 Å². The number of carbonyl (C=O) groups excluding carboxylic acids is 1. The number of rotatable bonds is 4. The lowest BCUT2D eigenvalue weighted by molar-refractivity contribution is 0.0985. The molecule has 2 heterocycles. The Labute approximate surface area is 193 Å². The zero-order valence-corrected chi connectivity index (χ0v) is 19.0. The molecule has 1 N–H and O–H groups in total. The maximum absolute atomic E-state index is 15.2. The molecule has 0 unspecified atom stereocenters. The third-order valence-corrected chi connectivity index (χ3v) is 5.94. The lowest BCUT2D eigenvalue weighted by atomic mass is 9.90. The molecule has 7 nitrogen and oxygen atoms in total. The number of carbonyl (C=O) groups is 1. The van der Waals surface area contributed by atoms with Crippen LogP contribution in [0.15, 0.2) is 40.7 Å². The van der Waals surface area contributed by atoms with Gasteiger partial charge in [-0.25, -0.2) is 13.6 Å². The first kappa shape index (κ1) is 22.9. The van der Waals surface area contributed by atoms with Crippen LogP contribution in [0.2, 0.25) is 5.02 Å². The maximum Gasteiger partial charge on any atom is 0.350 e. The predicted molar refractivity (Wildman–Crippen MR) is 121 cm³/mol. The summed E-state index contributed by atoms with van der Waals surface area (Å²) in [6, 6.07) is 6.52. The molecular formula is C23H21ClF2N4O3. The minimum atomic E-state index is -0.857. The Morgan fingerprint density at radius 3 is 2.45 bits per heavy atom. The van der Waals surface area contributed by atoms with E-state index in [2.05, 4.69) is 5.10 Å². The van der Waals surface area contributed by atoms with Crippen LogP contribution in [0.25, 0.3) is 11.3 Å². The molecule has 0 saturated heterocycles. The van der Waals surface area contributed by atoms with Gasteiger partial charge in [0, 0.05) is 6.54 Å². The highest BCUT2D eigenvalue weighted by Crippen LogP contribution is 2.38. The third kappa shape index (κ3) is 3.67. The molecule has 33 heavy (non-hydrogen) atoms. The summed E-state index contributed by atoms with van der Waals surface area (Å²) < 4.78 is 31.9. The van der Waals surface area contributed by atoms with E-state index in [9.17, 15) is 19.1 Å². The Kier molecular flexibility index (Phi) is 5.94. The van der Waals surface area contributed by atoms with E-state index in [1.165, 1.54) is 33.7 Å². The molecule has 2 aromatic carbocycles. The SMILES string of the molecule is CCn1c(CO)nn(-c2cc3c(cc2F)C(=O)N(c2c(F)cccc2Cl)CC3=C(C)C)c1=O. The van der Waals surface area contributed by atoms with Crippen molar-refractivity contribution < 1.29 is 18.7 Å². The van der Waals surface area contributed by atoms with Crippen molar-refractivity contribution in [3.63, 3.8) is 0 Å². The van der Waals surface area contributed by atoms with Gasteiger partial charge in [0.25, 0.3) is 5.91 Å². The fourth-order valence-corrected chi connectivity index (χ4v) is 4.26. The number of hydrogen-bond acceptors (Lipinski definition) is 4. The molecule has 0 spiro atoms. The number of aromatic nitrogens is 3. The molecule has 0 bridgehead atoms. The second-order valence-corrected chi connectivity index (χ2v) is 8.21. The zero-order chi connectivity index (χ0) is 24.0. The van der Waals surface area contributed by atoms with Gasteiger partial charge in [0.15, 0.2) is 5.82 Å². The van der Waals surface area contributed by atoms with Crippen molar-refractivity contribution in [2.75, 3.05) is 11.4 Å². The molecule has 1 amide bonds. The third-order valence-electron chi connectivity index (χ3n) is 5.64. The summed E-state index contributed by atoms with van der Waals surface area (Å²) in [7, 11) is 0. The van der Waals surface area contributed by atoms with Crippen LogP contribution in [-0.4, -0.2) is 31.9 Å². The topological polar surface area (TPSA) is 80.4 Å². The summed E-state index contributed by atoms with van der Waals surface area (Å²) in [4.78, 5) is 27.2. The van der Waals surface area contributed by atoms with Crippen molar-refractivity contribution in [3.8, 4) is 5.69 Å². The molecule has 1 aliphatic heterocycles. The predicted octanol–water partition coefficient (Wildman–Crippen LogP) is 3.93. The summed E-state index contributed by atoms with van der Waals surface area (Å²) in [5.74, 6) is -2.05. The first-order chi connectivity index (χ1) is 15.7. The number of fused-ring (bicyclic) bond motifs is 1. The van der Waals surface area contributed by atoms with E-state index < -0.39 is 29.8 Å². The van der Waals surface area contributed by atoms with Gasteiger partial charge >= 0.3 is 5.69 Å². The molecule has 0 atom stereocenters. The normalized spacial score (nSPS) is 13.5. The molecule has 0 radical (unpaired) electrons. The fourth-order valence-electron chi connectivity index (χ4n) is 3.99. The van der Waals surface area contributed by atoms with Crippen molar-refractivity contribution in [1.29, 1.82) is 0 Å². The smallest absolute Gasteiger partial charge is 0.350 e. The number of allylic oxidation sites excluding steroid dienone is 1. The summed E-state index contributed by atoms with van der Waals surface area (Å²) >= 11 is 6.19. The molecule has 0 aliphatic carbocycles. The molecule has 1 aromatic heterocycles. The summed E-state index contributed by atoms with van der Waals surface area (Å²) in [5.41, 5.74) is 1.08. The summed E-state index contributed by atoms with van der Waals surface area (Å²) in [6.07, 6.45) is 0. The van der Waals surface area contributed by atoms with Crippen LogP contribution < -0.4 is 10.6 Å². The molecule has 3 aromatic rings. The zero-order valence-electron chi connectivity index (χ0n) is 18.2. The lowest BCUT2D eigenvalue weighted by Gasteiger charge is -2.32. The van der Waals surface area contributed by atoms with Crippen LogP contribution in [0.5, 0.6) is 0 Å². The minimum Gasteiger partial charge on any atom is -0.388 e. The first-order valence-corrected chi connectivity index (χ1v) is 10.6.